The summed E-state index contributed by atoms with van der Waals surface area (Å²) in [7, 11) is 0. The average molecular weight is 295 g/mol. The van der Waals surface area contributed by atoms with E-state index in [-0.39, 0.29) is 5.56 Å². The summed E-state index contributed by atoms with van der Waals surface area (Å²) >= 11 is 0. The summed E-state index contributed by atoms with van der Waals surface area (Å²) < 4.78 is 13.2. The van der Waals surface area contributed by atoms with Gasteiger partial charge in [0.05, 0.1) is 4.92 Å². The van der Waals surface area contributed by atoms with Gasteiger partial charge in [0, 0.05) is 24.7 Å². The van der Waals surface area contributed by atoms with Crippen LogP contribution >= 0.6 is 0 Å². The lowest BCUT2D eigenvalue weighted by molar-refractivity contribution is -0.387. The highest BCUT2D eigenvalue weighted by Gasteiger charge is 2.17. The summed E-state index contributed by atoms with van der Waals surface area (Å²) in [5, 5.41) is 13.4. The molecule has 21 heavy (non-hydrogen) atoms. The second-order valence-electron chi connectivity index (χ2n) is 5.08. The molecule has 0 bridgehead atoms. The SMILES string of the molecule is O=C(NCCN1CCCCC1)c1ccc(F)c([N+](=O)[O-])c1. The van der Waals surface area contributed by atoms with Gasteiger partial charge >= 0.3 is 5.69 Å². The van der Waals surface area contributed by atoms with Crippen LogP contribution in [0.3, 0.4) is 0 Å². The van der Waals surface area contributed by atoms with Crippen LogP contribution in [0.15, 0.2) is 18.2 Å². The number of likely N-dealkylation sites (tertiary alicyclic amines) is 1. The molecule has 1 aliphatic heterocycles. The fourth-order valence-electron chi connectivity index (χ4n) is 2.41. The van der Waals surface area contributed by atoms with Gasteiger partial charge in [-0.15, -0.1) is 0 Å². The second-order valence-corrected chi connectivity index (χ2v) is 5.08. The highest BCUT2D eigenvalue weighted by atomic mass is 19.1. The molecule has 1 amide bonds. The maximum atomic E-state index is 13.2. The number of hydrogen-bond acceptors (Lipinski definition) is 4. The third kappa shape index (κ3) is 4.22. The smallest absolute Gasteiger partial charge is 0.305 e. The number of benzene rings is 1. The highest BCUT2D eigenvalue weighted by Crippen LogP contribution is 2.18. The van der Waals surface area contributed by atoms with E-state index in [2.05, 4.69) is 10.2 Å². The zero-order valence-corrected chi connectivity index (χ0v) is 11.7. The summed E-state index contributed by atoms with van der Waals surface area (Å²) in [5.41, 5.74) is -0.583. The number of amides is 1. The number of nitro benzene ring substituents is 1. The molecular formula is C14H18FN3O3. The molecule has 1 fully saturated rings. The predicted molar refractivity (Wildman–Crippen MR) is 75.7 cm³/mol. The van der Waals surface area contributed by atoms with Crippen LogP contribution < -0.4 is 5.32 Å². The molecule has 1 saturated heterocycles. The molecule has 0 atom stereocenters. The third-order valence-electron chi connectivity index (χ3n) is 3.57. The summed E-state index contributed by atoms with van der Waals surface area (Å²) in [6.45, 7) is 3.31. The van der Waals surface area contributed by atoms with Gasteiger partial charge in [0.15, 0.2) is 0 Å². The molecule has 0 spiro atoms. The van der Waals surface area contributed by atoms with Crippen molar-refractivity contribution < 1.29 is 14.1 Å². The number of nitrogens with zero attached hydrogens (tertiary/aromatic N) is 2. The first-order valence-electron chi connectivity index (χ1n) is 7.02. The van der Waals surface area contributed by atoms with Crippen molar-refractivity contribution in [2.45, 2.75) is 19.3 Å². The predicted octanol–water partition coefficient (Wildman–Crippen LogP) is 1.95. The molecule has 0 radical (unpaired) electrons. The lowest BCUT2D eigenvalue weighted by atomic mass is 10.1. The molecule has 0 aromatic heterocycles. The van der Waals surface area contributed by atoms with Crippen LogP contribution in [0.5, 0.6) is 0 Å². The van der Waals surface area contributed by atoms with Crippen molar-refractivity contribution in [3.63, 3.8) is 0 Å². The van der Waals surface area contributed by atoms with E-state index in [4.69, 9.17) is 0 Å². The first-order chi connectivity index (χ1) is 10.1. The first-order valence-corrected chi connectivity index (χ1v) is 7.02. The Kier molecular flexibility index (Phi) is 5.21. The van der Waals surface area contributed by atoms with Crippen molar-refractivity contribution in [1.29, 1.82) is 0 Å². The number of carbonyl (C=O) groups excluding carboxylic acids is 1. The van der Waals surface area contributed by atoms with Crippen molar-refractivity contribution in [1.82, 2.24) is 10.2 Å². The molecule has 1 aliphatic rings. The number of nitro groups is 1. The van der Waals surface area contributed by atoms with Crippen LogP contribution in [0.25, 0.3) is 0 Å². The van der Waals surface area contributed by atoms with Gasteiger partial charge in [-0.3, -0.25) is 14.9 Å². The zero-order valence-electron chi connectivity index (χ0n) is 11.7. The largest absolute Gasteiger partial charge is 0.351 e. The Bertz CT molecular complexity index is 530. The summed E-state index contributed by atoms with van der Waals surface area (Å²) in [6, 6.07) is 3.15. The number of nitrogens with one attached hydrogen (secondary N) is 1. The van der Waals surface area contributed by atoms with Crippen LogP contribution in [0.2, 0.25) is 0 Å². The maximum absolute atomic E-state index is 13.2. The highest BCUT2D eigenvalue weighted by molar-refractivity contribution is 5.94. The van der Waals surface area contributed by atoms with Crippen molar-refractivity contribution in [3.05, 3.63) is 39.7 Å². The lowest BCUT2D eigenvalue weighted by Crippen LogP contribution is -2.37. The number of rotatable bonds is 5. The maximum Gasteiger partial charge on any atom is 0.305 e. The first kappa shape index (κ1) is 15.4. The minimum Gasteiger partial charge on any atom is -0.351 e. The number of hydrogen-bond donors (Lipinski definition) is 1. The molecule has 7 heteroatoms. The van der Waals surface area contributed by atoms with Gasteiger partial charge in [-0.2, -0.15) is 4.39 Å². The molecule has 2 rings (SSSR count). The third-order valence-corrected chi connectivity index (χ3v) is 3.57. The molecule has 0 aliphatic carbocycles. The van der Waals surface area contributed by atoms with Crippen molar-refractivity contribution >= 4 is 11.6 Å². The van der Waals surface area contributed by atoms with Gasteiger partial charge in [-0.1, -0.05) is 6.42 Å². The molecule has 1 aromatic rings. The number of carbonyl (C=O) groups is 1. The normalized spacial score (nSPS) is 15.7. The Hall–Kier alpha value is -2.02. The molecule has 1 aromatic carbocycles. The zero-order chi connectivity index (χ0) is 15.2. The molecule has 0 saturated carbocycles. The van der Waals surface area contributed by atoms with Crippen LogP contribution in [0.1, 0.15) is 29.6 Å². The Labute approximate surface area is 122 Å². The van der Waals surface area contributed by atoms with E-state index in [1.807, 2.05) is 0 Å². The summed E-state index contributed by atoms with van der Waals surface area (Å²) in [5.74, 6) is -1.36. The Morgan fingerprint density at radius 2 is 2.05 bits per heavy atom. The Balaban J connectivity index is 1.88. The minimum atomic E-state index is -0.940. The lowest BCUT2D eigenvalue weighted by Gasteiger charge is -2.26. The summed E-state index contributed by atoms with van der Waals surface area (Å²) in [4.78, 5) is 24.0. The fourth-order valence-corrected chi connectivity index (χ4v) is 2.41. The van der Waals surface area contributed by atoms with E-state index in [1.165, 1.54) is 25.3 Å². The topological polar surface area (TPSA) is 75.5 Å². The number of halogens is 1. The van der Waals surface area contributed by atoms with E-state index in [1.54, 1.807) is 0 Å². The van der Waals surface area contributed by atoms with Gasteiger partial charge < -0.3 is 10.2 Å². The van der Waals surface area contributed by atoms with Gasteiger partial charge in [-0.05, 0) is 38.1 Å². The minimum absolute atomic E-state index is 0.0988. The molecular weight excluding hydrogens is 277 g/mol. The molecule has 114 valence electrons. The van der Waals surface area contributed by atoms with Gasteiger partial charge in [0.25, 0.3) is 5.91 Å². The molecule has 1 heterocycles. The van der Waals surface area contributed by atoms with Crippen molar-refractivity contribution in [2.24, 2.45) is 0 Å². The van der Waals surface area contributed by atoms with Crippen molar-refractivity contribution in [2.75, 3.05) is 26.2 Å². The average Bonchev–Trinajstić information content (AvgIpc) is 2.48. The van der Waals surface area contributed by atoms with E-state index >= 15 is 0 Å². The van der Waals surface area contributed by atoms with E-state index in [0.29, 0.717) is 6.54 Å². The van der Waals surface area contributed by atoms with Crippen molar-refractivity contribution in [3.8, 4) is 0 Å². The molecule has 0 unspecified atom stereocenters. The van der Waals surface area contributed by atoms with Gasteiger partial charge in [-0.25, -0.2) is 0 Å². The fraction of sp³-hybridized carbons (Fsp3) is 0.500. The van der Waals surface area contributed by atoms with E-state index < -0.39 is 22.3 Å². The second kappa shape index (κ2) is 7.12. The Morgan fingerprint density at radius 1 is 1.33 bits per heavy atom. The van der Waals surface area contributed by atoms with Crippen LogP contribution in [-0.4, -0.2) is 41.9 Å². The molecule has 6 nitrogen and oxygen atoms in total. The van der Waals surface area contributed by atoms with E-state index in [0.717, 1.165) is 31.8 Å². The Morgan fingerprint density at radius 3 is 2.71 bits per heavy atom. The standard InChI is InChI=1S/C14H18FN3O3/c15-12-5-4-11(10-13(12)18(20)21)14(19)16-6-9-17-7-2-1-3-8-17/h4-5,10H,1-3,6-9H2,(H,16,19). The van der Waals surface area contributed by atoms with Gasteiger partial charge in [0.2, 0.25) is 5.82 Å². The van der Waals surface area contributed by atoms with Crippen LogP contribution in [0, 0.1) is 15.9 Å². The molecule has 1 N–H and O–H groups in total. The van der Waals surface area contributed by atoms with Crippen LogP contribution in [-0.2, 0) is 0 Å². The number of piperidine rings is 1. The summed E-state index contributed by atoms with van der Waals surface area (Å²) in [6.07, 6.45) is 3.61. The monoisotopic (exact) mass is 295 g/mol. The van der Waals surface area contributed by atoms with Crippen LogP contribution in [0.4, 0.5) is 10.1 Å². The quantitative estimate of drug-likeness (QED) is 0.665. The van der Waals surface area contributed by atoms with E-state index in [9.17, 15) is 19.3 Å². The van der Waals surface area contributed by atoms with Gasteiger partial charge in [0.1, 0.15) is 0 Å².